The van der Waals surface area contributed by atoms with Gasteiger partial charge in [0.1, 0.15) is 6.73 Å². The van der Waals surface area contributed by atoms with E-state index < -0.39 is 0 Å². The molecule has 198 valence electrons. The molecule has 5 nitrogen and oxygen atoms in total. The smallest absolute Gasteiger partial charge is 0.144 e. The van der Waals surface area contributed by atoms with Gasteiger partial charge in [-0.3, -0.25) is 10.3 Å². The minimum Gasteiger partial charge on any atom is -0.359 e. The predicted octanol–water partition coefficient (Wildman–Crippen LogP) is 9.18. The standard InChI is InChI=1S/C33H40N4O/c1-32(2,3)24-13-11-15-26(21-24)35-29-18-8-7-17-28(29)34-23-38-37-31-20-10-9-19-30(31)36-27-16-12-14-25(22-27)33(4,5)6/h7-22,34-37H,23H2,1-6H3. The molecular formula is C33H40N4O. The van der Waals surface area contributed by atoms with Crippen molar-refractivity contribution in [2.24, 2.45) is 0 Å². The van der Waals surface area contributed by atoms with E-state index in [1.54, 1.807) is 0 Å². The number of hydrogen-bond acceptors (Lipinski definition) is 5. The summed E-state index contributed by atoms with van der Waals surface area (Å²) in [6, 6.07) is 33.2. The first kappa shape index (κ1) is 27.1. The van der Waals surface area contributed by atoms with Crippen LogP contribution in [0.3, 0.4) is 0 Å². The van der Waals surface area contributed by atoms with Gasteiger partial charge in [0.05, 0.1) is 22.7 Å². The van der Waals surface area contributed by atoms with Crippen LogP contribution in [-0.4, -0.2) is 6.73 Å². The summed E-state index contributed by atoms with van der Waals surface area (Å²) < 4.78 is 0. The topological polar surface area (TPSA) is 57.4 Å². The summed E-state index contributed by atoms with van der Waals surface area (Å²) in [5.74, 6) is 0. The lowest BCUT2D eigenvalue weighted by molar-refractivity contribution is 0.216. The molecule has 0 saturated carbocycles. The Kier molecular flexibility index (Phi) is 8.28. The molecule has 0 atom stereocenters. The van der Waals surface area contributed by atoms with E-state index in [4.69, 9.17) is 4.84 Å². The van der Waals surface area contributed by atoms with Crippen LogP contribution in [0.5, 0.6) is 0 Å². The molecule has 5 heteroatoms. The third-order valence-electron chi connectivity index (χ3n) is 6.39. The average Bonchev–Trinajstić information content (AvgIpc) is 2.88. The molecule has 0 heterocycles. The summed E-state index contributed by atoms with van der Waals surface area (Å²) in [5, 5.41) is 10.4. The highest BCUT2D eigenvalue weighted by Gasteiger charge is 2.15. The van der Waals surface area contributed by atoms with Gasteiger partial charge in [0.25, 0.3) is 0 Å². The number of nitrogens with one attached hydrogen (secondary N) is 4. The maximum Gasteiger partial charge on any atom is 0.144 e. The zero-order valence-electron chi connectivity index (χ0n) is 23.4. The summed E-state index contributed by atoms with van der Waals surface area (Å²) in [5.41, 5.74) is 11.7. The summed E-state index contributed by atoms with van der Waals surface area (Å²) in [7, 11) is 0. The number of anilines is 6. The predicted molar refractivity (Wildman–Crippen MR) is 163 cm³/mol. The van der Waals surface area contributed by atoms with Gasteiger partial charge in [0, 0.05) is 11.4 Å². The van der Waals surface area contributed by atoms with Crippen molar-refractivity contribution in [2.75, 3.05) is 28.2 Å². The minimum absolute atomic E-state index is 0.0881. The van der Waals surface area contributed by atoms with Gasteiger partial charge in [-0.25, -0.2) is 0 Å². The lowest BCUT2D eigenvalue weighted by Crippen LogP contribution is -2.13. The normalized spacial score (nSPS) is 11.6. The molecule has 38 heavy (non-hydrogen) atoms. The molecule has 4 N–H and O–H groups in total. The van der Waals surface area contributed by atoms with Crippen molar-refractivity contribution < 1.29 is 4.84 Å². The van der Waals surface area contributed by atoms with Crippen LogP contribution in [0, 0.1) is 0 Å². The van der Waals surface area contributed by atoms with Crippen LogP contribution in [0.2, 0.25) is 0 Å². The van der Waals surface area contributed by atoms with E-state index in [2.05, 4.69) is 118 Å². The SMILES string of the molecule is CC(C)(C)c1cccc(Nc2ccccc2NCONc2ccccc2Nc2cccc(C(C)(C)C)c2)c1. The van der Waals surface area contributed by atoms with E-state index in [9.17, 15) is 0 Å². The molecule has 0 bridgehead atoms. The van der Waals surface area contributed by atoms with Crippen molar-refractivity contribution >= 4 is 34.1 Å². The second-order valence-corrected chi connectivity index (χ2v) is 11.6. The number of benzene rings is 4. The number of rotatable bonds is 9. The quantitative estimate of drug-likeness (QED) is 0.103. The van der Waals surface area contributed by atoms with Crippen molar-refractivity contribution in [2.45, 2.75) is 52.4 Å². The summed E-state index contributed by atoms with van der Waals surface area (Å²) in [6.45, 7) is 13.6. The Morgan fingerprint density at radius 1 is 0.526 bits per heavy atom. The minimum atomic E-state index is 0.0881. The first-order chi connectivity index (χ1) is 18.1. The van der Waals surface area contributed by atoms with Crippen molar-refractivity contribution in [1.82, 2.24) is 0 Å². The Bertz CT molecular complexity index is 1250. The van der Waals surface area contributed by atoms with Gasteiger partial charge in [-0.2, -0.15) is 0 Å². The summed E-state index contributed by atoms with van der Waals surface area (Å²) in [4.78, 5) is 5.82. The number of para-hydroxylation sites is 4. The van der Waals surface area contributed by atoms with Crippen LogP contribution in [0.15, 0.2) is 97.1 Å². The Morgan fingerprint density at radius 3 is 1.47 bits per heavy atom. The lowest BCUT2D eigenvalue weighted by atomic mass is 9.87. The van der Waals surface area contributed by atoms with Crippen LogP contribution in [-0.2, 0) is 15.7 Å². The Balaban J connectivity index is 1.38. The molecule has 0 spiro atoms. The zero-order chi connectivity index (χ0) is 27.2. The van der Waals surface area contributed by atoms with E-state index in [1.165, 1.54) is 11.1 Å². The first-order valence-electron chi connectivity index (χ1n) is 13.1. The van der Waals surface area contributed by atoms with E-state index in [-0.39, 0.29) is 17.6 Å². The van der Waals surface area contributed by atoms with E-state index in [0.717, 1.165) is 34.1 Å². The average molecular weight is 509 g/mol. The molecule has 0 aliphatic rings. The molecule has 0 saturated heterocycles. The fourth-order valence-corrected chi connectivity index (χ4v) is 4.09. The summed E-state index contributed by atoms with van der Waals surface area (Å²) in [6.07, 6.45) is 0. The van der Waals surface area contributed by atoms with Crippen molar-refractivity contribution in [1.29, 1.82) is 0 Å². The van der Waals surface area contributed by atoms with Gasteiger partial charge in [-0.15, -0.1) is 0 Å². The maximum atomic E-state index is 5.82. The summed E-state index contributed by atoms with van der Waals surface area (Å²) >= 11 is 0. The third kappa shape index (κ3) is 7.30. The Labute approximate surface area is 227 Å². The van der Waals surface area contributed by atoms with Crippen molar-refractivity contribution in [3.05, 3.63) is 108 Å². The van der Waals surface area contributed by atoms with Gasteiger partial charge in [0.15, 0.2) is 0 Å². The largest absolute Gasteiger partial charge is 0.359 e. The second-order valence-electron chi connectivity index (χ2n) is 11.6. The van der Waals surface area contributed by atoms with Gasteiger partial charge in [-0.1, -0.05) is 90.1 Å². The molecule has 0 fully saturated rings. The van der Waals surface area contributed by atoms with E-state index in [0.29, 0.717) is 0 Å². The fraction of sp³-hybridized carbons (Fsp3) is 0.273. The van der Waals surface area contributed by atoms with Gasteiger partial charge in [0.2, 0.25) is 0 Å². The molecular weight excluding hydrogens is 468 g/mol. The Hall–Kier alpha value is -3.96. The monoisotopic (exact) mass is 508 g/mol. The van der Waals surface area contributed by atoms with Crippen LogP contribution < -0.4 is 21.4 Å². The fourth-order valence-electron chi connectivity index (χ4n) is 4.09. The van der Waals surface area contributed by atoms with Crippen LogP contribution in [0.25, 0.3) is 0 Å². The molecule has 0 amide bonds. The molecule has 0 aromatic heterocycles. The zero-order valence-corrected chi connectivity index (χ0v) is 23.4. The van der Waals surface area contributed by atoms with E-state index in [1.807, 2.05) is 42.5 Å². The molecule has 4 rings (SSSR count). The maximum absolute atomic E-state index is 5.82. The van der Waals surface area contributed by atoms with Gasteiger partial charge < -0.3 is 16.0 Å². The van der Waals surface area contributed by atoms with Gasteiger partial charge >= 0.3 is 0 Å². The van der Waals surface area contributed by atoms with Crippen LogP contribution in [0.4, 0.5) is 34.1 Å². The molecule has 0 aliphatic carbocycles. The highest BCUT2D eigenvalue weighted by Crippen LogP contribution is 2.31. The highest BCUT2D eigenvalue weighted by molar-refractivity contribution is 5.75. The molecule has 4 aromatic rings. The molecule has 4 aromatic carbocycles. The first-order valence-corrected chi connectivity index (χ1v) is 13.1. The molecule has 0 radical (unpaired) electrons. The molecule has 0 unspecified atom stereocenters. The highest BCUT2D eigenvalue weighted by atomic mass is 16.7. The van der Waals surface area contributed by atoms with Crippen molar-refractivity contribution in [3.8, 4) is 0 Å². The molecule has 0 aliphatic heterocycles. The second kappa shape index (κ2) is 11.6. The number of hydrogen-bond donors (Lipinski definition) is 4. The van der Waals surface area contributed by atoms with Crippen molar-refractivity contribution in [3.63, 3.8) is 0 Å². The van der Waals surface area contributed by atoms with Crippen LogP contribution in [0.1, 0.15) is 52.7 Å². The van der Waals surface area contributed by atoms with Gasteiger partial charge in [-0.05, 0) is 70.5 Å². The lowest BCUT2D eigenvalue weighted by Gasteiger charge is -2.21. The Morgan fingerprint density at radius 2 is 0.974 bits per heavy atom. The van der Waals surface area contributed by atoms with E-state index >= 15 is 0 Å². The van der Waals surface area contributed by atoms with Crippen LogP contribution >= 0.6 is 0 Å². The third-order valence-corrected chi connectivity index (χ3v) is 6.39.